The van der Waals surface area contributed by atoms with Crippen LogP contribution in [0, 0.1) is 5.92 Å². The first-order valence-corrected chi connectivity index (χ1v) is 16.7. The van der Waals surface area contributed by atoms with Crippen LogP contribution < -0.4 is 5.32 Å². The van der Waals surface area contributed by atoms with Crippen LogP contribution in [-0.4, -0.2) is 53.7 Å². The summed E-state index contributed by atoms with van der Waals surface area (Å²) in [7, 11) is 0. The second kappa shape index (κ2) is 16.3. The zero-order valence-electron chi connectivity index (χ0n) is 27.3. The molecule has 3 aromatic rings. The van der Waals surface area contributed by atoms with Crippen LogP contribution >= 0.6 is 0 Å². The molecule has 0 saturated carbocycles. The summed E-state index contributed by atoms with van der Waals surface area (Å²) in [6.45, 7) is 8.48. The largest absolute Gasteiger partial charge is 0.453 e. The maximum absolute atomic E-state index is 12.5. The van der Waals surface area contributed by atoms with Crippen molar-refractivity contribution < 1.29 is 28.9 Å². The van der Waals surface area contributed by atoms with Crippen molar-refractivity contribution in [2.75, 3.05) is 19.6 Å². The molecule has 1 amide bonds. The Bertz CT molecular complexity index is 1420. The van der Waals surface area contributed by atoms with Crippen molar-refractivity contribution in [1.29, 1.82) is 0 Å². The Morgan fingerprint density at radius 1 is 0.913 bits per heavy atom. The summed E-state index contributed by atoms with van der Waals surface area (Å²) in [5.74, 6) is -0.684. The number of benzene rings is 3. The number of hydrogen-bond acceptors (Lipinski definition) is 7. The molecule has 2 heterocycles. The van der Waals surface area contributed by atoms with E-state index in [0.29, 0.717) is 6.54 Å². The van der Waals surface area contributed by atoms with Crippen LogP contribution in [0.3, 0.4) is 0 Å². The van der Waals surface area contributed by atoms with Crippen molar-refractivity contribution >= 4 is 11.9 Å². The lowest BCUT2D eigenvalue weighted by Gasteiger charge is -2.43. The van der Waals surface area contributed by atoms with Crippen LogP contribution in [0.25, 0.3) is 11.1 Å². The van der Waals surface area contributed by atoms with Gasteiger partial charge in [0.15, 0.2) is 12.4 Å². The van der Waals surface area contributed by atoms with E-state index in [-0.39, 0.29) is 30.6 Å². The number of nitrogens with one attached hydrogen (secondary N) is 1. The predicted octanol–water partition coefficient (Wildman–Crippen LogP) is 6.47. The van der Waals surface area contributed by atoms with Gasteiger partial charge in [0.25, 0.3) is 5.91 Å². The molecule has 5 rings (SSSR count). The smallest absolute Gasteiger partial charge is 0.303 e. The number of rotatable bonds is 10. The number of carbonyl (C=O) groups excluding carboxylic acids is 2. The van der Waals surface area contributed by atoms with E-state index in [2.05, 4.69) is 53.5 Å². The number of carbonyl (C=O) groups is 2. The summed E-state index contributed by atoms with van der Waals surface area (Å²) in [6, 6.07) is 24.3. The van der Waals surface area contributed by atoms with Crippen LogP contribution in [-0.2, 0) is 37.0 Å². The number of likely N-dealkylation sites (tertiary alicyclic amines) is 1. The summed E-state index contributed by atoms with van der Waals surface area (Å²) in [5.41, 5.74) is 5.89. The number of amides is 1. The Labute approximate surface area is 273 Å². The highest BCUT2D eigenvalue weighted by Gasteiger charge is 2.39. The Hall–Kier alpha value is -3.56. The van der Waals surface area contributed by atoms with Crippen LogP contribution in [0.4, 0.5) is 0 Å². The quantitative estimate of drug-likeness (QED) is 0.249. The average molecular weight is 629 g/mol. The van der Waals surface area contributed by atoms with Crippen molar-refractivity contribution in [3.05, 3.63) is 95.1 Å². The molecular formula is C38H48N2O6. The molecule has 3 aromatic carbocycles. The minimum atomic E-state index is -0.855. The van der Waals surface area contributed by atoms with E-state index in [1.807, 2.05) is 36.4 Å². The lowest BCUT2D eigenvalue weighted by atomic mass is 9.89. The van der Waals surface area contributed by atoms with Gasteiger partial charge in [0, 0.05) is 31.5 Å². The van der Waals surface area contributed by atoms with Crippen LogP contribution in [0.2, 0.25) is 0 Å². The molecule has 0 radical (unpaired) electrons. The molecule has 2 fully saturated rings. The fourth-order valence-electron chi connectivity index (χ4n) is 6.48. The number of aliphatic hydroxyl groups excluding tert-OH is 1. The van der Waals surface area contributed by atoms with Gasteiger partial charge in [-0.05, 0) is 60.7 Å². The molecule has 5 unspecified atom stereocenters. The number of esters is 1. The predicted molar refractivity (Wildman–Crippen MR) is 177 cm³/mol. The lowest BCUT2D eigenvalue weighted by Crippen LogP contribution is -2.45. The molecule has 246 valence electrons. The van der Waals surface area contributed by atoms with E-state index >= 15 is 0 Å². The monoisotopic (exact) mass is 628 g/mol. The van der Waals surface area contributed by atoms with E-state index in [4.69, 9.17) is 14.2 Å². The Morgan fingerprint density at radius 2 is 1.57 bits per heavy atom. The molecule has 46 heavy (non-hydrogen) atoms. The van der Waals surface area contributed by atoms with Crippen molar-refractivity contribution in [2.45, 2.75) is 90.6 Å². The average Bonchev–Trinajstić information content (AvgIpc) is 3.05. The second-order valence-electron chi connectivity index (χ2n) is 12.6. The molecule has 0 aromatic heterocycles. The van der Waals surface area contributed by atoms with E-state index in [0.717, 1.165) is 53.0 Å². The molecule has 2 saturated heterocycles. The lowest BCUT2D eigenvalue weighted by molar-refractivity contribution is -0.276. The third-order valence-corrected chi connectivity index (χ3v) is 9.19. The molecule has 0 bridgehead atoms. The summed E-state index contributed by atoms with van der Waals surface area (Å²) in [5, 5.41) is 12.5. The van der Waals surface area contributed by atoms with Crippen molar-refractivity contribution in [3.8, 4) is 11.1 Å². The van der Waals surface area contributed by atoms with Crippen LogP contribution in [0.5, 0.6) is 0 Å². The van der Waals surface area contributed by atoms with Gasteiger partial charge >= 0.3 is 5.97 Å². The fourth-order valence-corrected chi connectivity index (χ4v) is 6.48. The number of hydrogen-bond donors (Lipinski definition) is 2. The van der Waals surface area contributed by atoms with Crippen molar-refractivity contribution in [1.82, 2.24) is 10.2 Å². The minimum absolute atomic E-state index is 0.000850. The van der Waals surface area contributed by atoms with Gasteiger partial charge in [0.1, 0.15) is 0 Å². The maximum Gasteiger partial charge on any atom is 0.303 e. The highest BCUT2D eigenvalue weighted by Crippen LogP contribution is 2.42. The van der Waals surface area contributed by atoms with Gasteiger partial charge in [0.2, 0.25) is 0 Å². The molecule has 8 heteroatoms. The number of ether oxygens (including phenoxy) is 3. The highest BCUT2D eigenvalue weighted by atomic mass is 16.7. The van der Waals surface area contributed by atoms with E-state index < -0.39 is 18.4 Å². The second-order valence-corrected chi connectivity index (χ2v) is 12.6. The molecule has 8 nitrogen and oxygen atoms in total. The molecule has 0 spiro atoms. The Morgan fingerprint density at radius 3 is 2.24 bits per heavy atom. The summed E-state index contributed by atoms with van der Waals surface area (Å²) < 4.78 is 18.5. The third-order valence-electron chi connectivity index (χ3n) is 9.19. The van der Waals surface area contributed by atoms with Gasteiger partial charge in [-0.3, -0.25) is 9.59 Å². The molecule has 2 N–H and O–H groups in total. The van der Waals surface area contributed by atoms with Gasteiger partial charge < -0.3 is 29.5 Å². The van der Waals surface area contributed by atoms with Crippen molar-refractivity contribution in [2.24, 2.45) is 5.92 Å². The normalized spacial score (nSPS) is 23.1. The number of nitrogens with zero attached hydrogens (tertiary/aromatic N) is 1. The van der Waals surface area contributed by atoms with Gasteiger partial charge in [-0.1, -0.05) is 99.0 Å². The standard InChI is InChI=1S/C38H48N2O6/c1-26-35(24-40-21-9-5-4-6-10-22-40)45-38(46-36(26)31-15-13-29(25-41)14-16-31)32-19-17-30(18-20-32)34-12-8-7-11-33(34)23-39-37(43)27(2)44-28(3)42/h7-8,11-20,26-27,35-36,38,41H,4-6,9-10,21-25H2,1-3H3,(H,39,43). The topological polar surface area (TPSA) is 97.3 Å². The summed E-state index contributed by atoms with van der Waals surface area (Å²) in [4.78, 5) is 26.3. The van der Waals surface area contributed by atoms with Crippen LogP contribution in [0.1, 0.15) is 87.5 Å². The van der Waals surface area contributed by atoms with E-state index in [1.54, 1.807) is 6.92 Å². The van der Waals surface area contributed by atoms with Gasteiger partial charge in [-0.25, -0.2) is 0 Å². The Kier molecular flexibility index (Phi) is 12.0. The third kappa shape index (κ3) is 8.82. The molecule has 2 aliphatic heterocycles. The van der Waals surface area contributed by atoms with E-state index in [9.17, 15) is 14.7 Å². The van der Waals surface area contributed by atoms with Gasteiger partial charge in [0.05, 0.1) is 18.8 Å². The SMILES string of the molecule is CC(=O)OC(C)C(=O)NCc1ccccc1-c1ccc(C2OC(CN3CCCCCCC3)C(C)C(c3ccc(CO)cc3)O2)cc1. The highest BCUT2D eigenvalue weighted by molar-refractivity contribution is 5.83. The summed E-state index contributed by atoms with van der Waals surface area (Å²) >= 11 is 0. The maximum atomic E-state index is 12.5. The van der Waals surface area contributed by atoms with Crippen molar-refractivity contribution in [3.63, 3.8) is 0 Å². The zero-order chi connectivity index (χ0) is 32.5. The number of aliphatic hydroxyl groups is 1. The first kappa shape index (κ1) is 33.8. The minimum Gasteiger partial charge on any atom is -0.453 e. The van der Waals surface area contributed by atoms with Gasteiger partial charge in [-0.15, -0.1) is 0 Å². The molecule has 2 aliphatic rings. The fraction of sp³-hybridized carbons (Fsp3) is 0.474. The first-order valence-electron chi connectivity index (χ1n) is 16.7. The first-order chi connectivity index (χ1) is 22.3. The van der Waals surface area contributed by atoms with Crippen LogP contribution in [0.15, 0.2) is 72.8 Å². The Balaban J connectivity index is 1.34. The molecular weight excluding hydrogens is 580 g/mol. The molecule has 0 aliphatic carbocycles. The van der Waals surface area contributed by atoms with E-state index in [1.165, 1.54) is 39.0 Å². The van der Waals surface area contributed by atoms with Gasteiger partial charge in [-0.2, -0.15) is 0 Å². The summed E-state index contributed by atoms with van der Waals surface area (Å²) in [6.07, 6.45) is 4.84. The zero-order valence-corrected chi connectivity index (χ0v) is 27.3. The molecule has 5 atom stereocenters.